The Morgan fingerprint density at radius 1 is 1.00 bits per heavy atom. The van der Waals surface area contributed by atoms with Crippen LogP contribution in [-0.4, -0.2) is 5.54 Å². The van der Waals surface area contributed by atoms with Crippen molar-refractivity contribution >= 4 is 30.4 Å². The monoisotopic (exact) mass is 403 g/mol. The van der Waals surface area contributed by atoms with Crippen LogP contribution in [0.3, 0.4) is 0 Å². The fourth-order valence-corrected chi connectivity index (χ4v) is 2.42. The van der Waals surface area contributed by atoms with Crippen LogP contribution in [0, 0.1) is 5.92 Å². The van der Waals surface area contributed by atoms with Crippen LogP contribution in [0.4, 0.5) is 0 Å². The number of halogens is 2. The zero-order valence-corrected chi connectivity index (χ0v) is 19.1. The van der Waals surface area contributed by atoms with Gasteiger partial charge in [0.05, 0.1) is 0 Å². The van der Waals surface area contributed by atoms with Crippen molar-refractivity contribution in [2.75, 3.05) is 0 Å². The average Bonchev–Trinajstić information content (AvgIpc) is 2.66. The van der Waals surface area contributed by atoms with Gasteiger partial charge in [0, 0.05) is 0 Å². The Morgan fingerprint density at radius 3 is 1.83 bits per heavy atom. The molecule has 2 rings (SSSR count). The van der Waals surface area contributed by atoms with E-state index in [4.69, 9.17) is 5.73 Å². The molecule has 0 radical (unpaired) electrons. The second-order valence-electron chi connectivity index (χ2n) is 7.12. The molecule has 0 saturated heterocycles. The van der Waals surface area contributed by atoms with Crippen LogP contribution >= 0.6 is 24.8 Å². The SMILES string of the molecule is CC(C)(C)[NH-].CC1=CC(C)=C(c2ccccc2[C-](C)C)C1.Cl.Cl.[Ti+2]. The van der Waals surface area contributed by atoms with Crippen LogP contribution in [0.5, 0.6) is 0 Å². The first-order valence-corrected chi connectivity index (χ1v) is 7.61. The van der Waals surface area contributed by atoms with Crippen molar-refractivity contribution in [3.8, 4) is 0 Å². The van der Waals surface area contributed by atoms with Gasteiger partial charge in [0.25, 0.3) is 0 Å². The predicted molar refractivity (Wildman–Crippen MR) is 110 cm³/mol. The van der Waals surface area contributed by atoms with Crippen molar-refractivity contribution in [3.63, 3.8) is 0 Å². The molecular formula is C20H31Cl2NTi. The van der Waals surface area contributed by atoms with Crippen LogP contribution in [0.1, 0.15) is 66.0 Å². The number of hydrogen-bond donors (Lipinski definition) is 0. The molecule has 1 aromatic carbocycles. The third-order valence-electron chi connectivity index (χ3n) is 3.19. The van der Waals surface area contributed by atoms with Crippen LogP contribution in [0.25, 0.3) is 11.3 Å². The first-order valence-electron chi connectivity index (χ1n) is 7.61. The Morgan fingerprint density at radius 2 is 1.46 bits per heavy atom. The molecule has 1 aromatic rings. The van der Waals surface area contributed by atoms with E-state index < -0.39 is 0 Å². The summed E-state index contributed by atoms with van der Waals surface area (Å²) in [5.74, 6) is 1.39. The van der Waals surface area contributed by atoms with Gasteiger partial charge in [-0.1, -0.05) is 63.5 Å². The third kappa shape index (κ3) is 9.96. The zero-order chi connectivity index (χ0) is 16.2. The van der Waals surface area contributed by atoms with E-state index in [1.807, 2.05) is 20.8 Å². The summed E-state index contributed by atoms with van der Waals surface area (Å²) >= 11 is 0. The Labute approximate surface area is 176 Å². The number of hydrogen-bond acceptors (Lipinski definition) is 0. The molecule has 0 aliphatic heterocycles. The summed E-state index contributed by atoms with van der Waals surface area (Å²) in [6.07, 6.45) is 3.41. The Balaban J connectivity index is -0.000000490. The summed E-state index contributed by atoms with van der Waals surface area (Å²) in [5, 5.41) is 0. The molecule has 0 aromatic heterocycles. The Bertz CT molecular complexity index is 549. The van der Waals surface area contributed by atoms with Gasteiger partial charge in [-0.25, -0.2) is 0 Å². The second kappa shape index (κ2) is 12.2. The molecule has 134 valence electrons. The van der Waals surface area contributed by atoms with E-state index in [1.165, 1.54) is 33.8 Å². The maximum absolute atomic E-state index is 6.94. The quantitative estimate of drug-likeness (QED) is 0.361. The number of allylic oxidation sites excluding steroid dienone is 4. The molecule has 1 N–H and O–H groups in total. The van der Waals surface area contributed by atoms with Crippen molar-refractivity contribution < 1.29 is 21.7 Å². The molecular weight excluding hydrogens is 373 g/mol. The number of rotatable bonds is 2. The molecule has 0 amide bonds. The van der Waals surface area contributed by atoms with Gasteiger partial charge in [-0.3, -0.25) is 0 Å². The molecule has 0 atom stereocenters. The minimum atomic E-state index is -0.250. The largest absolute Gasteiger partial charge is 2.00 e. The van der Waals surface area contributed by atoms with Gasteiger partial charge in [-0.15, -0.1) is 48.0 Å². The van der Waals surface area contributed by atoms with Gasteiger partial charge < -0.3 is 5.73 Å². The molecule has 0 saturated carbocycles. The van der Waals surface area contributed by atoms with Crippen LogP contribution < -0.4 is 0 Å². The van der Waals surface area contributed by atoms with E-state index in [1.54, 1.807) is 0 Å². The molecule has 1 nitrogen and oxygen atoms in total. The summed E-state index contributed by atoms with van der Waals surface area (Å²) in [6.45, 7) is 14.4. The molecule has 1 aliphatic rings. The number of nitrogens with one attached hydrogen (secondary N) is 1. The van der Waals surface area contributed by atoms with E-state index in [2.05, 4.69) is 58.0 Å². The van der Waals surface area contributed by atoms with Gasteiger partial charge >= 0.3 is 21.7 Å². The van der Waals surface area contributed by atoms with Gasteiger partial charge in [0.2, 0.25) is 0 Å². The molecule has 0 bridgehead atoms. The molecule has 4 heteroatoms. The molecule has 0 unspecified atom stereocenters. The van der Waals surface area contributed by atoms with E-state index in [-0.39, 0.29) is 52.1 Å². The van der Waals surface area contributed by atoms with E-state index >= 15 is 0 Å². The van der Waals surface area contributed by atoms with E-state index in [0.717, 1.165) is 6.42 Å². The maximum Gasteiger partial charge on any atom is 2.00 e. The summed E-state index contributed by atoms with van der Waals surface area (Å²) < 4.78 is 0. The van der Waals surface area contributed by atoms with Crippen molar-refractivity contribution in [2.24, 2.45) is 0 Å². The predicted octanol–water partition coefficient (Wildman–Crippen LogP) is 7.45. The molecule has 0 heterocycles. The first-order chi connectivity index (χ1) is 9.59. The number of benzene rings is 1. The average molecular weight is 404 g/mol. The smallest absolute Gasteiger partial charge is 0.673 e. The normalized spacial score (nSPS) is 12.8. The topological polar surface area (TPSA) is 23.8 Å². The summed E-state index contributed by atoms with van der Waals surface area (Å²) in [6, 6.07) is 8.72. The van der Waals surface area contributed by atoms with Crippen molar-refractivity contribution in [2.45, 2.75) is 60.4 Å². The molecule has 1 aliphatic carbocycles. The van der Waals surface area contributed by atoms with Gasteiger partial charge in [-0.2, -0.15) is 17.5 Å². The van der Waals surface area contributed by atoms with Gasteiger partial charge in [0.15, 0.2) is 0 Å². The van der Waals surface area contributed by atoms with E-state index in [9.17, 15) is 0 Å². The van der Waals surface area contributed by atoms with Crippen molar-refractivity contribution in [3.05, 3.63) is 64.3 Å². The van der Waals surface area contributed by atoms with E-state index in [0.29, 0.717) is 0 Å². The Kier molecular flexibility index (Phi) is 14.6. The minimum Gasteiger partial charge on any atom is -0.673 e. The fraction of sp³-hybridized carbons (Fsp3) is 0.450. The van der Waals surface area contributed by atoms with Gasteiger partial charge in [-0.05, 0) is 20.3 Å². The molecule has 24 heavy (non-hydrogen) atoms. The standard InChI is InChI=1S/C16H19.C4H10N.2ClH.Ti/c1-11(2)14-7-5-6-8-15(14)16-10-12(3)9-13(16)4;1-4(2,3)5;;;/h5-9H,10H2,1-4H3;5H,1-3H3;2*1H;/q2*-1;;;+2. The zero-order valence-electron chi connectivity index (χ0n) is 15.9. The van der Waals surface area contributed by atoms with Crippen LogP contribution in [0.15, 0.2) is 41.5 Å². The Hall–Kier alpha value is -0.176. The van der Waals surface area contributed by atoms with Gasteiger partial charge in [0.1, 0.15) is 0 Å². The van der Waals surface area contributed by atoms with Crippen molar-refractivity contribution in [1.29, 1.82) is 0 Å². The van der Waals surface area contributed by atoms with Crippen LogP contribution in [0.2, 0.25) is 0 Å². The fourth-order valence-electron chi connectivity index (χ4n) is 2.42. The molecule has 0 spiro atoms. The summed E-state index contributed by atoms with van der Waals surface area (Å²) in [7, 11) is 0. The maximum atomic E-state index is 6.94. The third-order valence-corrected chi connectivity index (χ3v) is 3.19. The second-order valence-corrected chi connectivity index (χ2v) is 7.12. The van der Waals surface area contributed by atoms with Crippen molar-refractivity contribution in [1.82, 2.24) is 0 Å². The summed E-state index contributed by atoms with van der Waals surface area (Å²) in [5.41, 5.74) is 13.9. The molecule has 0 fully saturated rings. The first kappa shape index (κ1) is 28.6. The minimum absolute atomic E-state index is 0. The summed E-state index contributed by atoms with van der Waals surface area (Å²) in [4.78, 5) is 0. The van der Waals surface area contributed by atoms with Crippen LogP contribution in [-0.2, 0) is 21.7 Å².